The number of amides is 1. The standard InChI is InChI=1S/C19H25N5O/c1-15-6-2-3-7-16(15)12-21-19(25)14-20-13-17-8-5-11-24(17)18-9-4-10-22-23-18/h2-4,6-7,9-10,17,20H,5,8,11-14H2,1H3,(H,21,25). The highest BCUT2D eigenvalue weighted by Gasteiger charge is 2.25. The quantitative estimate of drug-likeness (QED) is 0.803. The second-order valence-corrected chi connectivity index (χ2v) is 6.41. The van der Waals surface area contributed by atoms with Crippen LogP contribution in [0.3, 0.4) is 0 Å². The molecule has 25 heavy (non-hydrogen) atoms. The van der Waals surface area contributed by atoms with Gasteiger partial charge in [0.2, 0.25) is 5.91 Å². The normalized spacial score (nSPS) is 16.8. The first-order chi connectivity index (χ1) is 12.2. The summed E-state index contributed by atoms with van der Waals surface area (Å²) in [6.07, 6.45) is 3.93. The maximum absolute atomic E-state index is 12.0. The average Bonchev–Trinajstić information content (AvgIpc) is 3.10. The lowest BCUT2D eigenvalue weighted by Crippen LogP contribution is -2.42. The van der Waals surface area contributed by atoms with Gasteiger partial charge in [0, 0.05) is 31.9 Å². The van der Waals surface area contributed by atoms with E-state index in [0.29, 0.717) is 19.1 Å². The Hall–Kier alpha value is -2.47. The molecule has 6 heteroatoms. The van der Waals surface area contributed by atoms with Gasteiger partial charge in [-0.3, -0.25) is 4.79 Å². The molecule has 1 saturated heterocycles. The number of hydrogen-bond acceptors (Lipinski definition) is 5. The number of hydrogen-bond donors (Lipinski definition) is 2. The van der Waals surface area contributed by atoms with Gasteiger partial charge in [-0.1, -0.05) is 24.3 Å². The van der Waals surface area contributed by atoms with Gasteiger partial charge in [0.25, 0.3) is 0 Å². The molecule has 3 rings (SSSR count). The van der Waals surface area contributed by atoms with Crippen LogP contribution in [-0.4, -0.2) is 41.8 Å². The van der Waals surface area contributed by atoms with Crippen LogP contribution in [0.2, 0.25) is 0 Å². The van der Waals surface area contributed by atoms with E-state index in [0.717, 1.165) is 37.3 Å². The smallest absolute Gasteiger partial charge is 0.234 e. The van der Waals surface area contributed by atoms with Gasteiger partial charge < -0.3 is 15.5 Å². The number of carbonyl (C=O) groups is 1. The molecular weight excluding hydrogens is 314 g/mol. The average molecular weight is 339 g/mol. The van der Waals surface area contributed by atoms with Crippen LogP contribution in [0.1, 0.15) is 24.0 Å². The van der Waals surface area contributed by atoms with Crippen molar-refractivity contribution >= 4 is 11.7 Å². The highest BCUT2D eigenvalue weighted by molar-refractivity contribution is 5.78. The van der Waals surface area contributed by atoms with E-state index in [4.69, 9.17) is 0 Å². The molecular formula is C19H25N5O. The summed E-state index contributed by atoms with van der Waals surface area (Å²) in [6, 6.07) is 12.4. The number of nitrogens with zero attached hydrogens (tertiary/aromatic N) is 3. The minimum Gasteiger partial charge on any atom is -0.351 e. The molecule has 0 radical (unpaired) electrons. The molecule has 132 valence electrons. The lowest BCUT2D eigenvalue weighted by Gasteiger charge is -2.25. The number of benzene rings is 1. The fourth-order valence-electron chi connectivity index (χ4n) is 3.21. The molecule has 1 atom stereocenters. The maximum Gasteiger partial charge on any atom is 0.234 e. The maximum atomic E-state index is 12.0. The molecule has 2 aromatic rings. The summed E-state index contributed by atoms with van der Waals surface area (Å²) in [7, 11) is 0. The Balaban J connectivity index is 1.41. The van der Waals surface area contributed by atoms with Crippen molar-refractivity contribution in [2.45, 2.75) is 32.4 Å². The van der Waals surface area contributed by atoms with E-state index in [1.165, 1.54) is 5.56 Å². The highest BCUT2D eigenvalue weighted by atomic mass is 16.1. The third-order valence-corrected chi connectivity index (χ3v) is 4.63. The monoisotopic (exact) mass is 339 g/mol. The van der Waals surface area contributed by atoms with Gasteiger partial charge in [0.15, 0.2) is 5.82 Å². The Labute approximate surface area is 148 Å². The molecule has 1 aliphatic rings. The topological polar surface area (TPSA) is 70.2 Å². The van der Waals surface area contributed by atoms with Crippen LogP contribution >= 0.6 is 0 Å². The van der Waals surface area contributed by atoms with E-state index in [1.54, 1.807) is 6.20 Å². The van der Waals surface area contributed by atoms with E-state index in [1.807, 2.05) is 30.3 Å². The summed E-state index contributed by atoms with van der Waals surface area (Å²) < 4.78 is 0. The molecule has 0 aliphatic carbocycles. The third-order valence-electron chi connectivity index (χ3n) is 4.63. The molecule has 1 aromatic heterocycles. The molecule has 0 saturated carbocycles. The lowest BCUT2D eigenvalue weighted by atomic mass is 10.1. The van der Waals surface area contributed by atoms with E-state index in [2.05, 4.69) is 38.7 Å². The zero-order chi connectivity index (χ0) is 17.5. The number of carbonyl (C=O) groups excluding carboxylic acids is 1. The number of anilines is 1. The third kappa shape index (κ3) is 4.76. The van der Waals surface area contributed by atoms with Crippen LogP contribution in [0.15, 0.2) is 42.6 Å². The van der Waals surface area contributed by atoms with Crippen LogP contribution in [0.4, 0.5) is 5.82 Å². The van der Waals surface area contributed by atoms with Crippen LogP contribution in [0, 0.1) is 6.92 Å². The van der Waals surface area contributed by atoms with E-state index in [9.17, 15) is 4.79 Å². The van der Waals surface area contributed by atoms with Crippen molar-refractivity contribution in [3.05, 3.63) is 53.7 Å². The molecule has 0 spiro atoms. The molecule has 0 bridgehead atoms. The zero-order valence-electron chi connectivity index (χ0n) is 14.6. The molecule has 6 nitrogen and oxygen atoms in total. The summed E-state index contributed by atoms with van der Waals surface area (Å²) in [5, 5.41) is 14.4. The van der Waals surface area contributed by atoms with E-state index in [-0.39, 0.29) is 5.91 Å². The van der Waals surface area contributed by atoms with E-state index < -0.39 is 0 Å². The zero-order valence-corrected chi connectivity index (χ0v) is 14.6. The fourth-order valence-corrected chi connectivity index (χ4v) is 3.21. The Morgan fingerprint density at radius 3 is 2.96 bits per heavy atom. The predicted molar refractivity (Wildman–Crippen MR) is 98.3 cm³/mol. The Kier molecular flexibility index (Phi) is 5.95. The summed E-state index contributed by atoms with van der Waals surface area (Å²) >= 11 is 0. The van der Waals surface area contributed by atoms with Gasteiger partial charge in [0.1, 0.15) is 0 Å². The second kappa shape index (κ2) is 8.58. The van der Waals surface area contributed by atoms with Crippen LogP contribution in [0.25, 0.3) is 0 Å². The summed E-state index contributed by atoms with van der Waals surface area (Å²) in [5.41, 5.74) is 2.35. The lowest BCUT2D eigenvalue weighted by molar-refractivity contribution is -0.120. The molecule has 1 aromatic carbocycles. The molecule has 1 aliphatic heterocycles. The van der Waals surface area contributed by atoms with Crippen LogP contribution < -0.4 is 15.5 Å². The molecule has 1 unspecified atom stereocenters. The summed E-state index contributed by atoms with van der Waals surface area (Å²) in [5.74, 6) is 0.933. The molecule has 1 fully saturated rings. The van der Waals surface area contributed by atoms with Crippen molar-refractivity contribution in [2.24, 2.45) is 0 Å². The summed E-state index contributed by atoms with van der Waals surface area (Å²) in [6.45, 7) is 4.72. The van der Waals surface area contributed by atoms with Crippen LogP contribution in [0.5, 0.6) is 0 Å². The minimum absolute atomic E-state index is 0.0207. The van der Waals surface area contributed by atoms with Crippen molar-refractivity contribution in [1.29, 1.82) is 0 Å². The Morgan fingerprint density at radius 1 is 1.28 bits per heavy atom. The first kappa shape index (κ1) is 17.4. The number of aromatic nitrogens is 2. The largest absolute Gasteiger partial charge is 0.351 e. The predicted octanol–water partition coefficient (Wildman–Crippen LogP) is 1.66. The molecule has 2 heterocycles. The fraction of sp³-hybridized carbons (Fsp3) is 0.421. The van der Waals surface area contributed by atoms with E-state index >= 15 is 0 Å². The Morgan fingerprint density at radius 2 is 2.16 bits per heavy atom. The van der Waals surface area contributed by atoms with Gasteiger partial charge >= 0.3 is 0 Å². The minimum atomic E-state index is 0.0207. The van der Waals surface area contributed by atoms with Crippen molar-refractivity contribution in [3.8, 4) is 0 Å². The van der Waals surface area contributed by atoms with Crippen molar-refractivity contribution < 1.29 is 4.79 Å². The number of rotatable bonds is 7. The molecule has 2 N–H and O–H groups in total. The van der Waals surface area contributed by atoms with Gasteiger partial charge in [-0.05, 0) is 43.0 Å². The van der Waals surface area contributed by atoms with Gasteiger partial charge in [-0.15, -0.1) is 5.10 Å². The van der Waals surface area contributed by atoms with Gasteiger partial charge in [-0.2, -0.15) is 5.10 Å². The first-order valence-corrected chi connectivity index (χ1v) is 8.80. The summed E-state index contributed by atoms with van der Waals surface area (Å²) in [4.78, 5) is 14.3. The van der Waals surface area contributed by atoms with Crippen molar-refractivity contribution in [3.63, 3.8) is 0 Å². The first-order valence-electron chi connectivity index (χ1n) is 8.80. The van der Waals surface area contributed by atoms with Crippen molar-refractivity contribution in [2.75, 3.05) is 24.5 Å². The van der Waals surface area contributed by atoms with Gasteiger partial charge in [0.05, 0.1) is 6.54 Å². The van der Waals surface area contributed by atoms with Crippen molar-refractivity contribution in [1.82, 2.24) is 20.8 Å². The number of aryl methyl sites for hydroxylation is 1. The molecule has 1 amide bonds. The highest BCUT2D eigenvalue weighted by Crippen LogP contribution is 2.22. The second-order valence-electron chi connectivity index (χ2n) is 6.41. The SMILES string of the molecule is Cc1ccccc1CNC(=O)CNCC1CCCN1c1cccnn1. The van der Waals surface area contributed by atoms with Gasteiger partial charge in [-0.25, -0.2) is 0 Å². The number of nitrogens with one attached hydrogen (secondary N) is 2. The van der Waals surface area contributed by atoms with Crippen LogP contribution in [-0.2, 0) is 11.3 Å². The Bertz CT molecular complexity index is 691.